The molecule has 4 amide bonds. The molecule has 3 N–H and O–H groups in total. The number of piperidine rings is 2. The van der Waals surface area contributed by atoms with Crippen LogP contribution in [0.3, 0.4) is 0 Å². The van der Waals surface area contributed by atoms with Crippen LogP contribution in [0.15, 0.2) is 71.0 Å². The van der Waals surface area contributed by atoms with Crippen molar-refractivity contribution in [3.8, 4) is 11.5 Å². The molecule has 4 heterocycles. The van der Waals surface area contributed by atoms with Crippen LogP contribution >= 0.6 is 11.8 Å². The van der Waals surface area contributed by atoms with Gasteiger partial charge in [0.25, 0.3) is 11.8 Å². The van der Waals surface area contributed by atoms with E-state index in [0.29, 0.717) is 35.7 Å². The van der Waals surface area contributed by atoms with Crippen LogP contribution in [0, 0.1) is 18.8 Å². The SMILES string of the molecule is Cc1cc(Oc2ccccc2)ccc1N1C(=O)NC2=C(C(=O)N[C@@H]3CCCN(C(=O)/C(F)=C/C4CC4)C3)SC3NCCC1C23. The van der Waals surface area contributed by atoms with Gasteiger partial charge in [0.15, 0.2) is 5.83 Å². The summed E-state index contributed by atoms with van der Waals surface area (Å²) < 4.78 is 20.5. The molecule has 9 nitrogen and oxygen atoms in total. The van der Waals surface area contributed by atoms with Gasteiger partial charge < -0.3 is 25.6 Å². The molecule has 3 unspecified atom stereocenters. The van der Waals surface area contributed by atoms with Gasteiger partial charge in [-0.2, -0.15) is 0 Å². The third kappa shape index (κ3) is 5.70. The summed E-state index contributed by atoms with van der Waals surface area (Å²) in [6.07, 6.45) is 5.41. The molecule has 1 saturated carbocycles. The lowest BCUT2D eigenvalue weighted by Crippen LogP contribution is -2.62. The standard InChI is InChI=1S/C33H36FN5O4S/c1-19-16-23(43-22-7-3-2-4-8-22)11-12-25(19)39-26-13-14-35-31-27(26)28(37-33(39)42)29(44-31)30(40)36-21-6-5-15-38(18-21)32(41)24(34)17-20-9-10-20/h2-4,7-8,11-12,16-17,20-21,26-27,31,35H,5-6,9-10,13-15,18H2,1H3,(H,36,40)(H,37,42)/b24-17-/t21-,26?,27?,31?/m1/s1. The van der Waals surface area contributed by atoms with Crippen molar-refractivity contribution in [3.05, 3.63) is 76.6 Å². The minimum absolute atomic E-state index is 0.0558. The molecule has 44 heavy (non-hydrogen) atoms. The van der Waals surface area contributed by atoms with E-state index in [-0.39, 0.29) is 47.8 Å². The van der Waals surface area contributed by atoms with Crippen molar-refractivity contribution >= 4 is 35.3 Å². The first-order chi connectivity index (χ1) is 21.4. The smallest absolute Gasteiger partial charge is 0.326 e. The Morgan fingerprint density at radius 2 is 1.91 bits per heavy atom. The highest BCUT2D eigenvalue weighted by Crippen LogP contribution is 2.48. The number of rotatable bonds is 7. The number of nitrogens with zero attached hydrogens (tertiary/aromatic N) is 2. The van der Waals surface area contributed by atoms with Crippen molar-refractivity contribution in [2.75, 3.05) is 24.5 Å². The molecule has 0 radical (unpaired) electrons. The molecule has 7 rings (SSSR count). The molecule has 5 aliphatic rings. The van der Waals surface area contributed by atoms with Gasteiger partial charge in [-0.15, -0.1) is 0 Å². The highest BCUT2D eigenvalue weighted by atomic mass is 32.2. The average molecular weight is 618 g/mol. The Kier molecular flexibility index (Phi) is 7.84. The second-order valence-electron chi connectivity index (χ2n) is 12.2. The number of ether oxygens (including phenoxy) is 1. The number of aryl methyl sites for hydroxylation is 1. The summed E-state index contributed by atoms with van der Waals surface area (Å²) in [5, 5.41) is 9.62. The van der Waals surface area contributed by atoms with Crippen molar-refractivity contribution in [1.82, 2.24) is 20.9 Å². The minimum Gasteiger partial charge on any atom is -0.457 e. The zero-order valence-electron chi connectivity index (χ0n) is 24.6. The number of hydrogen-bond acceptors (Lipinski definition) is 6. The van der Waals surface area contributed by atoms with Crippen LogP contribution in [0.2, 0.25) is 0 Å². The fourth-order valence-corrected chi connectivity index (χ4v) is 8.11. The maximum atomic E-state index is 14.5. The number of urea groups is 1. The van der Waals surface area contributed by atoms with Gasteiger partial charge >= 0.3 is 6.03 Å². The fraction of sp³-hybridized carbons (Fsp3) is 0.424. The zero-order chi connectivity index (χ0) is 30.4. The number of para-hydroxylation sites is 1. The van der Waals surface area contributed by atoms with Crippen LogP contribution in [-0.4, -0.2) is 59.8 Å². The molecule has 0 bridgehead atoms. The number of amides is 4. The van der Waals surface area contributed by atoms with Crippen molar-refractivity contribution in [2.45, 2.75) is 56.5 Å². The molecule has 2 aromatic rings. The van der Waals surface area contributed by atoms with Gasteiger partial charge in [-0.1, -0.05) is 30.0 Å². The molecule has 2 aromatic carbocycles. The Morgan fingerprint density at radius 3 is 2.68 bits per heavy atom. The van der Waals surface area contributed by atoms with E-state index in [1.807, 2.05) is 60.4 Å². The summed E-state index contributed by atoms with van der Waals surface area (Å²) in [4.78, 5) is 43.8. The number of benzene rings is 2. The number of carbonyl (C=O) groups excluding carboxylic acids is 3. The highest BCUT2D eigenvalue weighted by Gasteiger charge is 2.52. The van der Waals surface area contributed by atoms with E-state index in [0.717, 1.165) is 42.8 Å². The number of nitrogens with one attached hydrogen (secondary N) is 3. The van der Waals surface area contributed by atoms with Crippen molar-refractivity contribution in [3.63, 3.8) is 0 Å². The minimum atomic E-state index is -0.694. The fourth-order valence-electron chi connectivity index (χ4n) is 6.71. The summed E-state index contributed by atoms with van der Waals surface area (Å²) in [5.74, 6) is -0.0326. The van der Waals surface area contributed by atoms with Gasteiger partial charge in [0.1, 0.15) is 11.5 Å². The summed E-state index contributed by atoms with van der Waals surface area (Å²) in [5.41, 5.74) is 2.38. The molecule has 4 fully saturated rings. The summed E-state index contributed by atoms with van der Waals surface area (Å²) in [6, 6.07) is 14.6. The second kappa shape index (κ2) is 11.9. The Labute approximate surface area is 260 Å². The third-order valence-corrected chi connectivity index (χ3v) is 10.4. The lowest BCUT2D eigenvalue weighted by molar-refractivity contribution is -0.130. The Bertz CT molecular complexity index is 1540. The summed E-state index contributed by atoms with van der Waals surface area (Å²) >= 11 is 1.45. The molecule has 230 valence electrons. The number of carbonyl (C=O) groups is 3. The molecular formula is C33H36FN5O4S. The highest BCUT2D eigenvalue weighted by molar-refractivity contribution is 8.04. The number of hydrogen-bond donors (Lipinski definition) is 3. The first-order valence-electron chi connectivity index (χ1n) is 15.4. The lowest BCUT2D eigenvalue weighted by Gasteiger charge is -2.46. The van der Waals surface area contributed by atoms with E-state index in [1.165, 1.54) is 22.7 Å². The first kappa shape index (κ1) is 28.9. The maximum Gasteiger partial charge on any atom is 0.326 e. The quantitative estimate of drug-likeness (QED) is 0.380. The van der Waals surface area contributed by atoms with Crippen molar-refractivity contribution in [1.29, 1.82) is 0 Å². The van der Waals surface area contributed by atoms with Crippen molar-refractivity contribution in [2.24, 2.45) is 11.8 Å². The van der Waals surface area contributed by atoms with Crippen LogP contribution in [0.5, 0.6) is 11.5 Å². The molecule has 11 heteroatoms. The molecular weight excluding hydrogens is 581 g/mol. The molecule has 4 aliphatic heterocycles. The Balaban J connectivity index is 1.07. The summed E-state index contributed by atoms with van der Waals surface area (Å²) in [7, 11) is 0. The van der Waals surface area contributed by atoms with Gasteiger partial charge in [0.05, 0.1) is 16.3 Å². The topological polar surface area (TPSA) is 103 Å². The zero-order valence-corrected chi connectivity index (χ0v) is 25.4. The second-order valence-corrected chi connectivity index (χ2v) is 13.3. The van der Waals surface area contributed by atoms with Gasteiger partial charge in [0, 0.05) is 36.4 Å². The molecule has 0 aromatic heterocycles. The Hall–Kier alpha value is -3.83. The monoisotopic (exact) mass is 617 g/mol. The number of allylic oxidation sites excluding steroid dienone is 1. The molecule has 0 spiro atoms. The Morgan fingerprint density at radius 1 is 1.09 bits per heavy atom. The number of likely N-dealkylation sites (tertiary alicyclic amines) is 1. The van der Waals surface area contributed by atoms with Crippen molar-refractivity contribution < 1.29 is 23.5 Å². The lowest BCUT2D eigenvalue weighted by atomic mass is 9.86. The summed E-state index contributed by atoms with van der Waals surface area (Å²) in [6.45, 7) is 3.43. The predicted octanol–water partition coefficient (Wildman–Crippen LogP) is 4.95. The number of anilines is 1. The first-order valence-corrected chi connectivity index (χ1v) is 16.3. The van der Waals surface area contributed by atoms with Gasteiger partial charge in [-0.3, -0.25) is 14.5 Å². The van der Waals surface area contributed by atoms with Crippen LogP contribution in [-0.2, 0) is 9.59 Å². The van der Waals surface area contributed by atoms with Gasteiger partial charge in [-0.05, 0) is 93.5 Å². The number of halogens is 1. The normalized spacial score (nSPS) is 26.7. The van der Waals surface area contributed by atoms with E-state index in [2.05, 4.69) is 16.0 Å². The number of thioether (sulfide) groups is 1. The third-order valence-electron chi connectivity index (χ3n) is 9.01. The van der Waals surface area contributed by atoms with Gasteiger partial charge in [-0.25, -0.2) is 9.18 Å². The van der Waals surface area contributed by atoms with Crippen LogP contribution in [0.25, 0.3) is 0 Å². The maximum absolute atomic E-state index is 14.5. The van der Waals surface area contributed by atoms with Crippen LogP contribution < -0.4 is 25.6 Å². The molecule has 1 aliphatic carbocycles. The van der Waals surface area contributed by atoms with Gasteiger partial charge in [0.2, 0.25) is 0 Å². The van der Waals surface area contributed by atoms with Crippen LogP contribution in [0.1, 0.15) is 37.7 Å². The van der Waals surface area contributed by atoms with E-state index < -0.39 is 11.7 Å². The van der Waals surface area contributed by atoms with E-state index >= 15 is 0 Å². The van der Waals surface area contributed by atoms with E-state index in [1.54, 1.807) is 0 Å². The van der Waals surface area contributed by atoms with E-state index in [9.17, 15) is 18.8 Å². The van der Waals surface area contributed by atoms with E-state index in [4.69, 9.17) is 4.74 Å². The largest absolute Gasteiger partial charge is 0.457 e. The average Bonchev–Trinajstić information content (AvgIpc) is 3.76. The predicted molar refractivity (Wildman–Crippen MR) is 167 cm³/mol. The van der Waals surface area contributed by atoms with Crippen LogP contribution in [0.4, 0.5) is 14.9 Å². The molecule has 3 saturated heterocycles. The molecule has 4 atom stereocenters.